The first-order valence-electron chi connectivity index (χ1n) is 10.8. The number of H-pyrrole nitrogens is 1. The summed E-state index contributed by atoms with van der Waals surface area (Å²) in [5.74, 6) is -2.62. The lowest BCUT2D eigenvalue weighted by molar-refractivity contribution is -0.192. The molecule has 13 nitrogen and oxygen atoms in total. The van der Waals surface area contributed by atoms with Crippen LogP contribution in [-0.4, -0.2) is 80.8 Å². The molecule has 3 aromatic rings. The van der Waals surface area contributed by atoms with Crippen molar-refractivity contribution in [2.45, 2.75) is 19.1 Å². The maximum absolute atomic E-state index is 15.3. The summed E-state index contributed by atoms with van der Waals surface area (Å²) in [6.07, 6.45) is -2.94. The number of aromatic nitrogens is 6. The fourth-order valence-electron chi connectivity index (χ4n) is 2.97. The van der Waals surface area contributed by atoms with E-state index in [2.05, 4.69) is 40.8 Å². The van der Waals surface area contributed by atoms with Gasteiger partial charge in [0, 0.05) is 19.2 Å². The smallest absolute Gasteiger partial charge is 0.480 e. The molecule has 0 unspecified atom stereocenters. The minimum absolute atomic E-state index is 0.0579. The van der Waals surface area contributed by atoms with E-state index in [9.17, 15) is 17.6 Å². The molecule has 38 heavy (non-hydrogen) atoms. The average molecular weight is 547 g/mol. The Labute approximate surface area is 211 Å². The van der Waals surface area contributed by atoms with Gasteiger partial charge in [0.15, 0.2) is 17.5 Å². The van der Waals surface area contributed by atoms with Crippen LogP contribution in [-0.2, 0) is 9.53 Å². The van der Waals surface area contributed by atoms with Gasteiger partial charge in [-0.15, -0.1) is 5.10 Å². The lowest BCUT2D eigenvalue weighted by Gasteiger charge is -2.28. The van der Waals surface area contributed by atoms with Crippen LogP contribution in [0.15, 0.2) is 18.5 Å². The first-order chi connectivity index (χ1) is 18.0. The number of hydrogen-bond donors (Lipinski definition) is 4. The largest absolute Gasteiger partial charge is 0.490 e. The highest BCUT2D eigenvalue weighted by Gasteiger charge is 2.38. The maximum atomic E-state index is 15.3. The third-order valence-corrected chi connectivity index (χ3v) is 4.78. The van der Waals surface area contributed by atoms with Crippen molar-refractivity contribution < 1.29 is 41.3 Å². The summed E-state index contributed by atoms with van der Waals surface area (Å²) in [6.45, 7) is 3.67. The second-order valence-electron chi connectivity index (χ2n) is 7.51. The van der Waals surface area contributed by atoms with Crippen LogP contribution in [0, 0.1) is 11.6 Å². The van der Waals surface area contributed by atoms with Gasteiger partial charge in [-0.2, -0.15) is 27.5 Å². The minimum Gasteiger partial charge on any atom is -0.480 e. The Bertz CT molecular complexity index is 1220. The van der Waals surface area contributed by atoms with Crippen LogP contribution >= 0.6 is 0 Å². The first kappa shape index (κ1) is 28.2. The minimum atomic E-state index is -5.08. The summed E-state index contributed by atoms with van der Waals surface area (Å²) in [6, 6.07) is 1.11. The standard InChI is InChI=1S/C18H21F2N9O2.C2HF3O2/c1-10(15-21-8-11(19)9-22-15)23-18-25-16(24-12-7-13(30-2)28-27-12)14(20)17(26-18)29-3-5-31-6-4-29;3-2(4,5)1(6)7/h7-10H,3-6H2,1-2H3,(H3,23,24,25,26,27,28);(H,6,7)/t10-;/m0./s1. The Morgan fingerprint density at radius 2 is 1.84 bits per heavy atom. The molecule has 18 heteroatoms. The normalized spacial score (nSPS) is 14.2. The molecule has 206 valence electrons. The molecular weight excluding hydrogens is 525 g/mol. The fourth-order valence-corrected chi connectivity index (χ4v) is 2.97. The van der Waals surface area contributed by atoms with E-state index in [1.807, 2.05) is 0 Å². The van der Waals surface area contributed by atoms with E-state index < -0.39 is 29.8 Å². The Morgan fingerprint density at radius 3 is 2.39 bits per heavy atom. The Hall–Kier alpha value is -4.35. The van der Waals surface area contributed by atoms with Crippen molar-refractivity contribution in [3.05, 3.63) is 35.9 Å². The summed E-state index contributed by atoms with van der Waals surface area (Å²) < 4.78 is 70.5. The van der Waals surface area contributed by atoms with E-state index in [1.165, 1.54) is 7.11 Å². The molecule has 4 heterocycles. The second-order valence-corrected chi connectivity index (χ2v) is 7.51. The fraction of sp³-hybridized carbons (Fsp3) is 0.400. The molecule has 0 spiro atoms. The molecule has 0 aromatic carbocycles. The number of aliphatic carboxylic acids is 1. The van der Waals surface area contributed by atoms with E-state index >= 15 is 4.39 Å². The number of halogens is 5. The molecule has 1 aliphatic rings. The van der Waals surface area contributed by atoms with Gasteiger partial charge in [-0.3, -0.25) is 5.10 Å². The van der Waals surface area contributed by atoms with Crippen molar-refractivity contribution in [1.29, 1.82) is 0 Å². The number of nitrogens with one attached hydrogen (secondary N) is 3. The number of anilines is 4. The van der Waals surface area contributed by atoms with Crippen molar-refractivity contribution in [1.82, 2.24) is 30.1 Å². The number of rotatable bonds is 7. The van der Waals surface area contributed by atoms with E-state index in [0.29, 0.717) is 43.8 Å². The lowest BCUT2D eigenvalue weighted by Crippen LogP contribution is -2.37. The molecule has 0 radical (unpaired) electrons. The van der Waals surface area contributed by atoms with Gasteiger partial charge in [0.1, 0.15) is 11.6 Å². The van der Waals surface area contributed by atoms with Crippen LogP contribution in [0.5, 0.6) is 5.88 Å². The molecule has 0 aliphatic carbocycles. The SMILES string of the molecule is COc1cc(Nc2nc(N[C@@H](C)c3ncc(F)cn3)nc(N3CCOCC3)c2F)[nH]n1.O=C(O)C(F)(F)F. The van der Waals surface area contributed by atoms with Gasteiger partial charge in [-0.25, -0.2) is 19.2 Å². The zero-order valence-corrected chi connectivity index (χ0v) is 19.9. The third kappa shape index (κ3) is 7.58. The number of methoxy groups -OCH3 is 1. The van der Waals surface area contributed by atoms with Crippen molar-refractivity contribution >= 4 is 29.4 Å². The summed E-state index contributed by atoms with van der Waals surface area (Å²) in [7, 11) is 1.47. The molecule has 4 N–H and O–H groups in total. The number of ether oxygens (including phenoxy) is 2. The summed E-state index contributed by atoms with van der Waals surface area (Å²) >= 11 is 0. The summed E-state index contributed by atoms with van der Waals surface area (Å²) in [4.78, 5) is 27.2. The first-order valence-corrected chi connectivity index (χ1v) is 10.8. The highest BCUT2D eigenvalue weighted by Crippen LogP contribution is 2.28. The van der Waals surface area contributed by atoms with Crippen LogP contribution in [0.3, 0.4) is 0 Å². The molecule has 0 amide bonds. The molecule has 1 atom stereocenters. The number of carboxylic acids is 1. The van der Waals surface area contributed by atoms with E-state index in [4.69, 9.17) is 19.4 Å². The molecule has 1 aliphatic heterocycles. The molecule has 4 rings (SSSR count). The molecule has 0 saturated carbocycles. The van der Waals surface area contributed by atoms with Gasteiger partial charge in [0.2, 0.25) is 17.6 Å². The number of aromatic amines is 1. The predicted molar refractivity (Wildman–Crippen MR) is 121 cm³/mol. The monoisotopic (exact) mass is 547 g/mol. The van der Waals surface area contributed by atoms with Crippen LogP contribution < -0.4 is 20.3 Å². The third-order valence-electron chi connectivity index (χ3n) is 4.78. The number of carbonyl (C=O) groups is 1. The molecule has 1 saturated heterocycles. The van der Waals surface area contributed by atoms with Gasteiger partial charge in [0.25, 0.3) is 0 Å². The maximum Gasteiger partial charge on any atom is 0.490 e. The Kier molecular flexibility index (Phi) is 9.11. The van der Waals surface area contributed by atoms with Gasteiger partial charge in [-0.1, -0.05) is 0 Å². The van der Waals surface area contributed by atoms with Gasteiger partial charge < -0.3 is 30.1 Å². The number of alkyl halides is 3. The molecular formula is C20H22F5N9O4. The van der Waals surface area contributed by atoms with Crippen LogP contribution in [0.2, 0.25) is 0 Å². The summed E-state index contributed by atoms with van der Waals surface area (Å²) in [5, 5.41) is 19.7. The Balaban J connectivity index is 0.000000505. The zero-order chi connectivity index (χ0) is 27.9. The van der Waals surface area contributed by atoms with Crippen molar-refractivity contribution in [2.24, 2.45) is 0 Å². The van der Waals surface area contributed by atoms with E-state index in [-0.39, 0.29) is 17.6 Å². The Morgan fingerprint density at radius 1 is 1.21 bits per heavy atom. The summed E-state index contributed by atoms with van der Waals surface area (Å²) in [5.41, 5.74) is 0. The van der Waals surface area contributed by atoms with Gasteiger partial charge in [0.05, 0.1) is 38.8 Å². The van der Waals surface area contributed by atoms with Crippen LogP contribution in [0.4, 0.5) is 45.4 Å². The van der Waals surface area contributed by atoms with E-state index in [0.717, 1.165) is 12.4 Å². The van der Waals surface area contributed by atoms with Crippen molar-refractivity contribution in [2.75, 3.05) is 48.9 Å². The second kappa shape index (κ2) is 12.3. The molecule has 0 bridgehead atoms. The highest BCUT2D eigenvalue weighted by atomic mass is 19.4. The topological polar surface area (TPSA) is 163 Å². The quantitative estimate of drug-likeness (QED) is 0.320. The average Bonchev–Trinajstić information content (AvgIpc) is 3.34. The number of hydrogen-bond acceptors (Lipinski definition) is 11. The van der Waals surface area contributed by atoms with Crippen LogP contribution in [0.1, 0.15) is 18.8 Å². The lowest BCUT2D eigenvalue weighted by atomic mass is 10.3. The predicted octanol–water partition coefficient (Wildman–Crippen LogP) is 2.66. The molecule has 3 aromatic heterocycles. The molecule has 1 fully saturated rings. The van der Waals surface area contributed by atoms with Crippen molar-refractivity contribution in [3.8, 4) is 5.88 Å². The number of nitrogens with zero attached hydrogens (tertiary/aromatic N) is 6. The van der Waals surface area contributed by atoms with Crippen LogP contribution in [0.25, 0.3) is 0 Å². The van der Waals surface area contributed by atoms with Gasteiger partial charge >= 0.3 is 12.1 Å². The zero-order valence-electron chi connectivity index (χ0n) is 19.9. The number of carboxylic acid groups (broad SMARTS) is 1. The highest BCUT2D eigenvalue weighted by molar-refractivity contribution is 5.73. The van der Waals surface area contributed by atoms with E-state index in [1.54, 1.807) is 17.9 Å². The number of morpholine rings is 1. The van der Waals surface area contributed by atoms with Gasteiger partial charge in [-0.05, 0) is 6.92 Å². The van der Waals surface area contributed by atoms with Crippen molar-refractivity contribution in [3.63, 3.8) is 0 Å².